The lowest BCUT2D eigenvalue weighted by molar-refractivity contribution is 0.415. The zero-order chi connectivity index (χ0) is 17.8. The number of para-hydroxylation sites is 1. The largest absolute Gasteiger partial charge is 0.495 e. The number of aromatic nitrogens is 2. The quantitative estimate of drug-likeness (QED) is 0.656. The van der Waals surface area contributed by atoms with Crippen LogP contribution in [0.4, 0.5) is 23.1 Å². The van der Waals surface area contributed by atoms with Crippen molar-refractivity contribution in [2.75, 3.05) is 17.7 Å². The Morgan fingerprint density at radius 2 is 1.76 bits per heavy atom. The molecule has 0 bridgehead atoms. The van der Waals surface area contributed by atoms with Crippen molar-refractivity contribution < 1.29 is 4.74 Å². The Labute approximate surface area is 152 Å². The van der Waals surface area contributed by atoms with Crippen molar-refractivity contribution in [1.29, 1.82) is 0 Å². The first-order valence-electron chi connectivity index (χ1n) is 7.83. The standard InChI is InChI=1S/C19H19ClN4O/c1-12-5-4-6-13(2)18(12)24-19-21-10-9-17(23-19)22-14-7-8-16(25-3)15(20)11-14/h4-11H,1-3H3,(H2,21,22,23,24). The number of ether oxygens (including phenoxy) is 1. The molecule has 3 aromatic rings. The predicted molar refractivity (Wildman–Crippen MR) is 103 cm³/mol. The van der Waals surface area contributed by atoms with Gasteiger partial charge in [-0.1, -0.05) is 29.8 Å². The summed E-state index contributed by atoms with van der Waals surface area (Å²) >= 11 is 6.16. The van der Waals surface area contributed by atoms with E-state index in [1.54, 1.807) is 25.4 Å². The maximum atomic E-state index is 6.16. The third-order valence-corrected chi connectivity index (χ3v) is 4.09. The van der Waals surface area contributed by atoms with E-state index in [0.717, 1.165) is 22.5 Å². The summed E-state index contributed by atoms with van der Waals surface area (Å²) in [6, 6.07) is 13.4. The van der Waals surface area contributed by atoms with Crippen molar-refractivity contribution in [3.63, 3.8) is 0 Å². The SMILES string of the molecule is COc1ccc(Nc2ccnc(Nc3c(C)cccc3C)n2)cc1Cl. The van der Waals surface area contributed by atoms with Gasteiger partial charge in [0.15, 0.2) is 0 Å². The third-order valence-electron chi connectivity index (χ3n) is 3.80. The first-order chi connectivity index (χ1) is 12.1. The maximum Gasteiger partial charge on any atom is 0.229 e. The number of nitrogens with one attached hydrogen (secondary N) is 2. The van der Waals surface area contributed by atoms with Gasteiger partial charge in [0.25, 0.3) is 0 Å². The fourth-order valence-corrected chi connectivity index (χ4v) is 2.76. The van der Waals surface area contributed by atoms with Gasteiger partial charge in [0.05, 0.1) is 12.1 Å². The van der Waals surface area contributed by atoms with Crippen molar-refractivity contribution in [3.8, 4) is 5.75 Å². The summed E-state index contributed by atoms with van der Waals surface area (Å²) in [6.07, 6.45) is 1.70. The van der Waals surface area contributed by atoms with Gasteiger partial charge in [-0.15, -0.1) is 0 Å². The Morgan fingerprint density at radius 1 is 1.00 bits per heavy atom. The van der Waals surface area contributed by atoms with E-state index in [1.165, 1.54) is 0 Å². The van der Waals surface area contributed by atoms with E-state index in [0.29, 0.717) is 22.5 Å². The molecule has 0 spiro atoms. The van der Waals surface area contributed by atoms with E-state index in [9.17, 15) is 0 Å². The zero-order valence-electron chi connectivity index (χ0n) is 14.3. The molecule has 3 rings (SSSR count). The van der Waals surface area contributed by atoms with Crippen molar-refractivity contribution >= 4 is 34.7 Å². The summed E-state index contributed by atoms with van der Waals surface area (Å²) in [4.78, 5) is 8.81. The molecule has 0 fully saturated rings. The lowest BCUT2D eigenvalue weighted by Crippen LogP contribution is -2.02. The minimum atomic E-state index is 0.530. The Hall–Kier alpha value is -2.79. The Balaban J connectivity index is 1.81. The number of hydrogen-bond acceptors (Lipinski definition) is 5. The van der Waals surface area contributed by atoms with Crippen LogP contribution in [0.25, 0.3) is 0 Å². The van der Waals surface area contributed by atoms with Crippen molar-refractivity contribution in [3.05, 3.63) is 64.8 Å². The summed E-state index contributed by atoms with van der Waals surface area (Å²) in [5.41, 5.74) is 4.13. The summed E-state index contributed by atoms with van der Waals surface area (Å²) < 4.78 is 5.16. The second-order valence-electron chi connectivity index (χ2n) is 5.63. The normalized spacial score (nSPS) is 10.4. The second-order valence-corrected chi connectivity index (χ2v) is 6.04. The number of anilines is 4. The first kappa shape index (κ1) is 17.0. The van der Waals surface area contributed by atoms with Gasteiger partial charge in [0.2, 0.25) is 5.95 Å². The Bertz CT molecular complexity index is 878. The van der Waals surface area contributed by atoms with Crippen LogP contribution in [0.15, 0.2) is 48.7 Å². The molecule has 5 nitrogen and oxygen atoms in total. The molecule has 2 N–H and O–H groups in total. The molecule has 25 heavy (non-hydrogen) atoms. The van der Waals surface area contributed by atoms with Crippen LogP contribution >= 0.6 is 11.6 Å². The molecule has 0 saturated carbocycles. The molecule has 2 aromatic carbocycles. The highest BCUT2D eigenvalue weighted by molar-refractivity contribution is 6.32. The molecule has 1 heterocycles. The van der Waals surface area contributed by atoms with E-state index in [1.807, 2.05) is 18.2 Å². The van der Waals surface area contributed by atoms with Crippen LogP contribution in [0.2, 0.25) is 5.02 Å². The number of rotatable bonds is 5. The highest BCUT2D eigenvalue weighted by Gasteiger charge is 2.06. The number of aryl methyl sites for hydroxylation is 2. The van der Waals surface area contributed by atoms with Crippen molar-refractivity contribution in [1.82, 2.24) is 9.97 Å². The molecule has 0 aliphatic carbocycles. The van der Waals surface area contributed by atoms with Gasteiger partial charge >= 0.3 is 0 Å². The number of nitrogens with zero attached hydrogens (tertiary/aromatic N) is 2. The van der Waals surface area contributed by atoms with Gasteiger partial charge in [0.1, 0.15) is 11.6 Å². The molecule has 0 radical (unpaired) electrons. The molecule has 0 unspecified atom stereocenters. The topological polar surface area (TPSA) is 59.1 Å². The fourth-order valence-electron chi connectivity index (χ4n) is 2.50. The van der Waals surface area contributed by atoms with Gasteiger partial charge in [-0.25, -0.2) is 4.98 Å². The average molecular weight is 355 g/mol. The average Bonchev–Trinajstić information content (AvgIpc) is 2.59. The zero-order valence-corrected chi connectivity index (χ0v) is 15.1. The van der Waals surface area contributed by atoms with E-state index in [2.05, 4.69) is 46.6 Å². The number of benzene rings is 2. The predicted octanol–water partition coefficient (Wildman–Crippen LogP) is 5.24. The number of methoxy groups -OCH3 is 1. The molecule has 0 amide bonds. The molecular formula is C19H19ClN4O. The van der Waals surface area contributed by atoms with Gasteiger partial charge in [-0.3, -0.25) is 0 Å². The molecule has 0 aliphatic heterocycles. The van der Waals surface area contributed by atoms with Crippen LogP contribution in [-0.4, -0.2) is 17.1 Å². The molecule has 0 aliphatic rings. The van der Waals surface area contributed by atoms with Crippen LogP contribution in [0.3, 0.4) is 0 Å². The monoisotopic (exact) mass is 354 g/mol. The maximum absolute atomic E-state index is 6.16. The van der Waals surface area contributed by atoms with Gasteiger partial charge in [-0.05, 0) is 49.2 Å². The lowest BCUT2D eigenvalue weighted by atomic mass is 10.1. The number of hydrogen-bond donors (Lipinski definition) is 2. The summed E-state index contributed by atoms with van der Waals surface area (Å²) in [5, 5.41) is 7.05. The molecule has 1 aromatic heterocycles. The fraction of sp³-hybridized carbons (Fsp3) is 0.158. The minimum Gasteiger partial charge on any atom is -0.495 e. The molecule has 0 atom stereocenters. The van der Waals surface area contributed by atoms with E-state index in [-0.39, 0.29) is 0 Å². The summed E-state index contributed by atoms with van der Waals surface area (Å²) in [7, 11) is 1.59. The van der Waals surface area contributed by atoms with E-state index >= 15 is 0 Å². The smallest absolute Gasteiger partial charge is 0.229 e. The van der Waals surface area contributed by atoms with Crippen LogP contribution in [0, 0.1) is 13.8 Å². The Morgan fingerprint density at radius 3 is 2.44 bits per heavy atom. The highest BCUT2D eigenvalue weighted by atomic mass is 35.5. The van der Waals surface area contributed by atoms with Crippen LogP contribution in [0.5, 0.6) is 5.75 Å². The van der Waals surface area contributed by atoms with Gasteiger partial charge < -0.3 is 15.4 Å². The van der Waals surface area contributed by atoms with E-state index in [4.69, 9.17) is 16.3 Å². The van der Waals surface area contributed by atoms with Crippen molar-refractivity contribution in [2.45, 2.75) is 13.8 Å². The lowest BCUT2D eigenvalue weighted by Gasteiger charge is -2.12. The number of halogens is 1. The minimum absolute atomic E-state index is 0.530. The second kappa shape index (κ2) is 7.40. The summed E-state index contributed by atoms with van der Waals surface area (Å²) in [6.45, 7) is 4.10. The highest BCUT2D eigenvalue weighted by Crippen LogP contribution is 2.29. The van der Waals surface area contributed by atoms with Gasteiger partial charge in [-0.2, -0.15) is 4.98 Å². The molecular weight excluding hydrogens is 336 g/mol. The molecule has 0 saturated heterocycles. The molecule has 128 valence electrons. The summed E-state index contributed by atoms with van der Waals surface area (Å²) in [5.74, 6) is 1.83. The van der Waals surface area contributed by atoms with E-state index < -0.39 is 0 Å². The van der Waals surface area contributed by atoms with Gasteiger partial charge in [0, 0.05) is 17.6 Å². The Kier molecular flexibility index (Phi) is 5.05. The van der Waals surface area contributed by atoms with Crippen LogP contribution < -0.4 is 15.4 Å². The third kappa shape index (κ3) is 4.00. The van der Waals surface area contributed by atoms with Crippen LogP contribution in [0.1, 0.15) is 11.1 Å². The first-order valence-corrected chi connectivity index (χ1v) is 8.21. The van der Waals surface area contributed by atoms with Crippen LogP contribution in [-0.2, 0) is 0 Å². The van der Waals surface area contributed by atoms with Crippen molar-refractivity contribution in [2.24, 2.45) is 0 Å². The molecule has 6 heteroatoms.